The Morgan fingerprint density at radius 3 is 2.78 bits per heavy atom. The van der Waals surface area contributed by atoms with Crippen LogP contribution in [-0.4, -0.2) is 61.1 Å². The van der Waals surface area contributed by atoms with Gasteiger partial charge in [-0.2, -0.15) is 0 Å². The van der Waals surface area contributed by atoms with Crippen LogP contribution >= 0.6 is 0 Å². The van der Waals surface area contributed by atoms with Crippen LogP contribution in [0.25, 0.3) is 33.7 Å². The number of benzene rings is 1. The lowest BCUT2D eigenvalue weighted by atomic mass is 10.0. The number of amides is 1. The van der Waals surface area contributed by atoms with Gasteiger partial charge in [0.15, 0.2) is 11.5 Å². The molecular formula is C23H27N7O2. The van der Waals surface area contributed by atoms with Gasteiger partial charge in [0.25, 0.3) is 5.91 Å². The summed E-state index contributed by atoms with van der Waals surface area (Å²) >= 11 is 0. The Balaban J connectivity index is 1.64. The molecule has 9 heteroatoms. The van der Waals surface area contributed by atoms with Crippen molar-refractivity contribution >= 4 is 28.1 Å². The van der Waals surface area contributed by atoms with Crippen LogP contribution in [0.1, 0.15) is 30.1 Å². The normalized spacial score (nSPS) is 16.8. The highest BCUT2D eigenvalue weighted by Gasteiger charge is 2.25. The van der Waals surface area contributed by atoms with Crippen molar-refractivity contribution in [1.29, 1.82) is 0 Å². The van der Waals surface area contributed by atoms with Crippen LogP contribution in [0.4, 0.5) is 0 Å². The third kappa shape index (κ3) is 3.20. The molecule has 0 spiro atoms. The van der Waals surface area contributed by atoms with Crippen LogP contribution in [0.5, 0.6) is 5.75 Å². The maximum absolute atomic E-state index is 13.2. The maximum atomic E-state index is 13.2. The van der Waals surface area contributed by atoms with Gasteiger partial charge in [0, 0.05) is 50.7 Å². The molecule has 1 aromatic carbocycles. The number of aryl methyl sites for hydroxylation is 2. The van der Waals surface area contributed by atoms with Crippen molar-refractivity contribution in [2.24, 2.45) is 12.8 Å². The Labute approximate surface area is 185 Å². The monoisotopic (exact) mass is 433 g/mol. The molecule has 1 amide bonds. The molecular weight excluding hydrogens is 406 g/mol. The highest BCUT2D eigenvalue weighted by atomic mass is 16.5. The van der Waals surface area contributed by atoms with Crippen LogP contribution in [0.15, 0.2) is 30.6 Å². The molecule has 32 heavy (non-hydrogen) atoms. The number of piperidine rings is 1. The molecule has 1 atom stereocenters. The second-order valence-electron chi connectivity index (χ2n) is 8.23. The summed E-state index contributed by atoms with van der Waals surface area (Å²) < 4.78 is 9.78. The molecule has 3 aromatic heterocycles. The first kappa shape index (κ1) is 20.4. The predicted molar refractivity (Wildman–Crippen MR) is 123 cm³/mol. The minimum absolute atomic E-state index is 0.0259. The summed E-state index contributed by atoms with van der Waals surface area (Å²) in [6, 6.07) is 5.67. The van der Waals surface area contributed by atoms with Crippen LogP contribution in [-0.2, 0) is 13.6 Å². The number of rotatable bonds is 4. The van der Waals surface area contributed by atoms with E-state index in [9.17, 15) is 4.79 Å². The van der Waals surface area contributed by atoms with Gasteiger partial charge in [-0.3, -0.25) is 9.78 Å². The maximum Gasteiger partial charge on any atom is 0.254 e. The van der Waals surface area contributed by atoms with Crippen molar-refractivity contribution in [3.8, 4) is 17.3 Å². The summed E-state index contributed by atoms with van der Waals surface area (Å²) in [5.41, 5.74) is 10.8. The third-order valence-corrected chi connectivity index (χ3v) is 6.22. The zero-order chi connectivity index (χ0) is 22.4. The largest absolute Gasteiger partial charge is 0.494 e. The molecule has 1 aliphatic heterocycles. The second kappa shape index (κ2) is 7.90. The number of carbonyl (C=O) groups is 1. The second-order valence-corrected chi connectivity index (χ2v) is 8.23. The molecule has 4 heterocycles. The summed E-state index contributed by atoms with van der Waals surface area (Å²) in [7, 11) is 3.57. The lowest BCUT2D eigenvalue weighted by Crippen LogP contribution is -2.45. The summed E-state index contributed by atoms with van der Waals surface area (Å²) in [4.78, 5) is 28.9. The average molecular weight is 434 g/mol. The van der Waals surface area contributed by atoms with E-state index in [0.29, 0.717) is 23.4 Å². The number of methoxy groups -OCH3 is 1. The lowest BCUT2D eigenvalue weighted by molar-refractivity contribution is 0.0708. The van der Waals surface area contributed by atoms with Crippen molar-refractivity contribution in [3.63, 3.8) is 0 Å². The standard InChI is InChI=1S/C23H27N7O2/c1-4-30-18(12-17-21(30)26-8-7-25-17)22-27-16-10-14(11-19(32-3)20(16)28(22)2)23(31)29-9-5-6-15(24)13-29/h7-8,10-12,15H,4-6,9,13,24H2,1-3H3. The molecule has 166 valence electrons. The Bertz CT molecular complexity index is 1320. The van der Waals surface area contributed by atoms with Gasteiger partial charge in [0.2, 0.25) is 0 Å². The fourth-order valence-electron chi connectivity index (χ4n) is 4.67. The van der Waals surface area contributed by atoms with E-state index in [1.807, 2.05) is 28.6 Å². The van der Waals surface area contributed by atoms with Gasteiger partial charge in [-0.15, -0.1) is 0 Å². The van der Waals surface area contributed by atoms with E-state index in [4.69, 9.17) is 15.5 Å². The molecule has 1 saturated heterocycles. The quantitative estimate of drug-likeness (QED) is 0.530. The number of aromatic nitrogens is 5. The number of fused-ring (bicyclic) bond motifs is 2. The van der Waals surface area contributed by atoms with E-state index in [1.54, 1.807) is 25.6 Å². The highest BCUT2D eigenvalue weighted by Crippen LogP contribution is 2.33. The van der Waals surface area contributed by atoms with E-state index in [1.165, 1.54) is 0 Å². The summed E-state index contributed by atoms with van der Waals surface area (Å²) in [6.07, 6.45) is 5.25. The molecule has 0 bridgehead atoms. The summed E-state index contributed by atoms with van der Waals surface area (Å²) in [5.74, 6) is 1.34. The Morgan fingerprint density at radius 2 is 2.03 bits per heavy atom. The molecule has 0 aliphatic carbocycles. The van der Waals surface area contributed by atoms with Gasteiger partial charge < -0.3 is 24.5 Å². The Hall–Kier alpha value is -3.46. The van der Waals surface area contributed by atoms with E-state index in [2.05, 4.69) is 21.5 Å². The molecule has 1 unspecified atom stereocenters. The Morgan fingerprint density at radius 1 is 1.22 bits per heavy atom. The Kier molecular flexibility index (Phi) is 5.05. The molecule has 5 rings (SSSR count). The molecule has 1 fully saturated rings. The van der Waals surface area contributed by atoms with Crippen LogP contribution < -0.4 is 10.5 Å². The molecule has 0 saturated carbocycles. The molecule has 4 aromatic rings. The van der Waals surface area contributed by atoms with Crippen LogP contribution in [0.3, 0.4) is 0 Å². The van der Waals surface area contributed by atoms with Gasteiger partial charge in [-0.1, -0.05) is 0 Å². The predicted octanol–water partition coefficient (Wildman–Crippen LogP) is 2.58. The number of imidazole rings is 1. The topological polar surface area (TPSA) is 104 Å². The zero-order valence-corrected chi connectivity index (χ0v) is 18.6. The van der Waals surface area contributed by atoms with Gasteiger partial charge >= 0.3 is 0 Å². The first-order valence-corrected chi connectivity index (χ1v) is 10.9. The van der Waals surface area contributed by atoms with Gasteiger partial charge in [0.05, 0.1) is 18.3 Å². The van der Waals surface area contributed by atoms with Gasteiger partial charge in [-0.25, -0.2) is 9.97 Å². The highest BCUT2D eigenvalue weighted by molar-refractivity contribution is 6.00. The summed E-state index contributed by atoms with van der Waals surface area (Å²) in [5, 5.41) is 0. The molecule has 0 radical (unpaired) electrons. The average Bonchev–Trinajstić information content (AvgIpc) is 3.35. The van der Waals surface area contributed by atoms with E-state index in [0.717, 1.165) is 54.1 Å². The summed E-state index contributed by atoms with van der Waals surface area (Å²) in [6.45, 7) is 4.10. The van der Waals surface area contributed by atoms with E-state index < -0.39 is 0 Å². The van der Waals surface area contributed by atoms with Crippen molar-refractivity contribution in [2.45, 2.75) is 32.4 Å². The number of hydrogen-bond acceptors (Lipinski definition) is 6. The number of carbonyl (C=O) groups excluding carboxylic acids is 1. The van der Waals surface area contributed by atoms with Crippen molar-refractivity contribution in [1.82, 2.24) is 29.0 Å². The number of ether oxygens (including phenoxy) is 1. The fraction of sp³-hybridized carbons (Fsp3) is 0.391. The minimum atomic E-state index is -0.0383. The fourth-order valence-corrected chi connectivity index (χ4v) is 4.67. The van der Waals surface area contributed by atoms with Gasteiger partial charge in [0.1, 0.15) is 16.8 Å². The first-order valence-electron chi connectivity index (χ1n) is 10.9. The zero-order valence-electron chi connectivity index (χ0n) is 18.6. The number of likely N-dealkylation sites (tertiary alicyclic amines) is 1. The third-order valence-electron chi connectivity index (χ3n) is 6.22. The first-order chi connectivity index (χ1) is 15.5. The van der Waals surface area contributed by atoms with E-state index in [-0.39, 0.29) is 11.9 Å². The van der Waals surface area contributed by atoms with Crippen molar-refractivity contribution in [2.75, 3.05) is 20.2 Å². The molecule has 2 N–H and O–H groups in total. The SMILES string of the molecule is CCn1c(-c2nc3cc(C(=O)N4CCCC(N)C4)cc(OC)c3n2C)cc2nccnc21. The number of nitrogens with zero attached hydrogens (tertiary/aromatic N) is 6. The number of hydrogen-bond donors (Lipinski definition) is 1. The smallest absolute Gasteiger partial charge is 0.254 e. The van der Waals surface area contributed by atoms with E-state index >= 15 is 0 Å². The van der Waals surface area contributed by atoms with Crippen LogP contribution in [0, 0.1) is 0 Å². The molecule has 9 nitrogen and oxygen atoms in total. The van der Waals surface area contributed by atoms with Crippen LogP contribution in [0.2, 0.25) is 0 Å². The molecule has 1 aliphatic rings. The lowest BCUT2D eigenvalue weighted by Gasteiger charge is -2.30. The van der Waals surface area contributed by atoms with Crippen molar-refractivity contribution < 1.29 is 9.53 Å². The number of nitrogens with two attached hydrogens (primary N) is 1. The van der Waals surface area contributed by atoms with Crippen molar-refractivity contribution in [3.05, 3.63) is 36.2 Å². The van der Waals surface area contributed by atoms with Gasteiger partial charge in [-0.05, 0) is 38.0 Å². The minimum Gasteiger partial charge on any atom is -0.494 e.